The molecule has 0 saturated heterocycles. The molecule has 0 bridgehead atoms. The van der Waals surface area contributed by atoms with Crippen molar-refractivity contribution in [2.45, 2.75) is 26.1 Å². The molecular formula is C21H20N2OS2. The van der Waals surface area contributed by atoms with Crippen LogP contribution in [0.1, 0.15) is 26.9 Å². The Hall–Kier alpha value is -2.21. The van der Waals surface area contributed by atoms with Gasteiger partial charge in [0.15, 0.2) is 0 Å². The van der Waals surface area contributed by atoms with Gasteiger partial charge in [-0.2, -0.15) is 0 Å². The molecule has 1 aromatic carbocycles. The van der Waals surface area contributed by atoms with E-state index < -0.39 is 0 Å². The monoisotopic (exact) mass is 380 g/mol. The minimum atomic E-state index is 0.788. The summed E-state index contributed by atoms with van der Waals surface area (Å²) in [5.74, 6) is 0.987. The lowest BCUT2D eigenvalue weighted by molar-refractivity contribution is 0.226. The lowest BCUT2D eigenvalue weighted by atomic mass is 10.2. The van der Waals surface area contributed by atoms with Gasteiger partial charge >= 0.3 is 0 Å². The topological polar surface area (TPSA) is 29.3 Å². The third-order valence-electron chi connectivity index (χ3n) is 4.10. The van der Waals surface area contributed by atoms with Crippen molar-refractivity contribution >= 4 is 22.7 Å². The molecule has 3 nitrogen and oxygen atoms in total. The number of thiazole rings is 1. The van der Waals surface area contributed by atoms with E-state index in [1.807, 2.05) is 18.2 Å². The summed E-state index contributed by atoms with van der Waals surface area (Å²) in [6.45, 7) is 2.52. The van der Waals surface area contributed by atoms with Gasteiger partial charge in [0.2, 0.25) is 0 Å². The Morgan fingerprint density at radius 2 is 1.81 bits per heavy atom. The molecule has 4 rings (SSSR count). The highest BCUT2D eigenvalue weighted by Gasteiger charge is 2.13. The van der Waals surface area contributed by atoms with Crippen molar-refractivity contribution in [1.82, 2.24) is 9.88 Å². The molecule has 0 saturated carbocycles. The first-order valence-electron chi connectivity index (χ1n) is 8.59. The Morgan fingerprint density at radius 1 is 0.885 bits per heavy atom. The Balaban J connectivity index is 1.44. The molecule has 0 spiro atoms. The zero-order valence-electron chi connectivity index (χ0n) is 14.4. The van der Waals surface area contributed by atoms with E-state index in [0.717, 1.165) is 37.5 Å². The fourth-order valence-corrected chi connectivity index (χ4v) is 4.48. The molecule has 3 heterocycles. The highest BCUT2D eigenvalue weighted by atomic mass is 32.1. The lowest BCUT2D eigenvalue weighted by Crippen LogP contribution is -2.21. The quantitative estimate of drug-likeness (QED) is 0.399. The first kappa shape index (κ1) is 17.2. The summed E-state index contributed by atoms with van der Waals surface area (Å²) in [6.07, 6.45) is 2.63. The first-order chi connectivity index (χ1) is 12.8. The van der Waals surface area contributed by atoms with E-state index in [1.54, 1.807) is 28.9 Å². The van der Waals surface area contributed by atoms with Gasteiger partial charge in [-0.15, -0.1) is 22.7 Å². The Labute approximate surface area is 161 Å². The molecule has 0 aliphatic carbocycles. The van der Waals surface area contributed by atoms with Crippen LogP contribution < -0.4 is 0 Å². The van der Waals surface area contributed by atoms with Gasteiger partial charge in [-0.25, -0.2) is 4.98 Å². The molecule has 0 unspecified atom stereocenters. The summed E-state index contributed by atoms with van der Waals surface area (Å²) in [5.41, 5.74) is 2.43. The number of hydrogen-bond acceptors (Lipinski definition) is 5. The molecule has 26 heavy (non-hydrogen) atoms. The van der Waals surface area contributed by atoms with Gasteiger partial charge in [-0.1, -0.05) is 36.4 Å². The van der Waals surface area contributed by atoms with Crippen LogP contribution in [-0.4, -0.2) is 9.88 Å². The van der Waals surface area contributed by atoms with Gasteiger partial charge in [0.05, 0.1) is 23.5 Å². The number of benzene rings is 1. The molecule has 0 fully saturated rings. The number of nitrogens with zero attached hydrogens (tertiary/aromatic N) is 2. The standard InChI is InChI=1S/C21H20N2OS2/c1-2-6-17(7-3-1)12-21-22-18(16-26-21)13-23(14-19-8-4-10-24-19)15-20-9-5-11-25-20/h1-11,16H,12-15H2. The second-order valence-electron chi connectivity index (χ2n) is 6.20. The second-order valence-corrected chi connectivity index (χ2v) is 8.17. The Morgan fingerprint density at radius 3 is 2.58 bits per heavy atom. The fourth-order valence-electron chi connectivity index (χ4n) is 2.92. The van der Waals surface area contributed by atoms with Crippen LogP contribution in [0.25, 0.3) is 0 Å². The molecule has 3 aromatic heterocycles. The van der Waals surface area contributed by atoms with Crippen LogP contribution in [0, 0.1) is 0 Å². The number of rotatable bonds is 8. The number of aromatic nitrogens is 1. The van der Waals surface area contributed by atoms with E-state index in [9.17, 15) is 0 Å². The highest BCUT2D eigenvalue weighted by Crippen LogP contribution is 2.20. The molecular weight excluding hydrogens is 360 g/mol. The van der Waals surface area contributed by atoms with Crippen molar-refractivity contribution < 1.29 is 4.42 Å². The zero-order valence-corrected chi connectivity index (χ0v) is 16.0. The van der Waals surface area contributed by atoms with Gasteiger partial charge in [0.25, 0.3) is 0 Å². The SMILES string of the molecule is c1ccc(Cc2nc(CN(Cc3ccco3)Cc3cccs3)cs2)cc1. The van der Waals surface area contributed by atoms with Crippen LogP contribution in [0.3, 0.4) is 0 Å². The van der Waals surface area contributed by atoms with E-state index in [4.69, 9.17) is 9.40 Å². The third kappa shape index (κ3) is 4.69. The van der Waals surface area contributed by atoms with Crippen LogP contribution in [0.4, 0.5) is 0 Å². The highest BCUT2D eigenvalue weighted by molar-refractivity contribution is 7.10. The van der Waals surface area contributed by atoms with Crippen molar-refractivity contribution in [3.8, 4) is 0 Å². The van der Waals surface area contributed by atoms with Gasteiger partial charge in [-0.3, -0.25) is 4.90 Å². The number of hydrogen-bond donors (Lipinski definition) is 0. The molecule has 132 valence electrons. The number of thiophene rings is 1. The van der Waals surface area contributed by atoms with Gasteiger partial charge in [0.1, 0.15) is 5.76 Å². The van der Waals surface area contributed by atoms with Crippen molar-refractivity contribution in [2.24, 2.45) is 0 Å². The normalized spacial score (nSPS) is 11.3. The first-order valence-corrected chi connectivity index (χ1v) is 10.4. The van der Waals surface area contributed by atoms with Crippen LogP contribution in [0.2, 0.25) is 0 Å². The van der Waals surface area contributed by atoms with E-state index in [0.29, 0.717) is 0 Å². The second kappa shape index (κ2) is 8.45. The summed E-state index contributed by atoms with van der Waals surface area (Å²) >= 11 is 3.54. The minimum Gasteiger partial charge on any atom is -0.468 e. The Kier molecular flexibility index (Phi) is 5.59. The summed E-state index contributed by atoms with van der Waals surface area (Å²) in [7, 11) is 0. The van der Waals surface area contributed by atoms with Gasteiger partial charge in [0, 0.05) is 29.8 Å². The van der Waals surface area contributed by atoms with Crippen molar-refractivity contribution in [3.63, 3.8) is 0 Å². The summed E-state index contributed by atoms with van der Waals surface area (Å²) in [6, 6.07) is 18.8. The fraction of sp³-hybridized carbons (Fsp3) is 0.190. The molecule has 4 aromatic rings. The molecule has 0 N–H and O–H groups in total. The van der Waals surface area contributed by atoms with Crippen LogP contribution in [-0.2, 0) is 26.1 Å². The van der Waals surface area contributed by atoms with E-state index >= 15 is 0 Å². The Bertz CT molecular complexity index is 863. The maximum Gasteiger partial charge on any atom is 0.117 e. The maximum absolute atomic E-state index is 5.55. The minimum absolute atomic E-state index is 0.788. The van der Waals surface area contributed by atoms with E-state index in [-0.39, 0.29) is 0 Å². The average Bonchev–Trinajstić information content (AvgIpc) is 3.40. The summed E-state index contributed by atoms with van der Waals surface area (Å²) < 4.78 is 5.55. The molecule has 5 heteroatoms. The van der Waals surface area contributed by atoms with Crippen molar-refractivity contribution in [3.05, 3.63) is 98.5 Å². The molecule has 0 atom stereocenters. The number of furan rings is 1. The van der Waals surface area contributed by atoms with Crippen LogP contribution in [0.5, 0.6) is 0 Å². The molecule has 0 aliphatic rings. The van der Waals surface area contributed by atoms with Crippen molar-refractivity contribution in [1.29, 1.82) is 0 Å². The molecule has 0 amide bonds. The predicted octanol–water partition coefficient (Wildman–Crippen LogP) is 5.59. The van der Waals surface area contributed by atoms with E-state index in [2.05, 4.69) is 52.1 Å². The van der Waals surface area contributed by atoms with E-state index in [1.165, 1.54) is 15.4 Å². The van der Waals surface area contributed by atoms with Crippen molar-refractivity contribution in [2.75, 3.05) is 0 Å². The predicted molar refractivity (Wildman–Crippen MR) is 107 cm³/mol. The van der Waals surface area contributed by atoms with Gasteiger partial charge < -0.3 is 4.42 Å². The van der Waals surface area contributed by atoms with Gasteiger partial charge in [-0.05, 0) is 29.1 Å². The molecule has 0 aliphatic heterocycles. The maximum atomic E-state index is 5.55. The smallest absolute Gasteiger partial charge is 0.117 e. The molecule has 0 radical (unpaired) electrons. The summed E-state index contributed by atoms with van der Waals surface area (Å²) in [4.78, 5) is 8.59. The average molecular weight is 381 g/mol. The third-order valence-corrected chi connectivity index (χ3v) is 5.86. The lowest BCUT2D eigenvalue weighted by Gasteiger charge is -2.19. The zero-order chi connectivity index (χ0) is 17.6. The largest absolute Gasteiger partial charge is 0.468 e. The van der Waals surface area contributed by atoms with Crippen LogP contribution in [0.15, 0.2) is 76.0 Å². The van der Waals surface area contributed by atoms with Crippen LogP contribution >= 0.6 is 22.7 Å². The summed E-state index contributed by atoms with van der Waals surface area (Å²) in [5, 5.41) is 5.48.